The first-order valence-corrected chi connectivity index (χ1v) is 11.3. The first kappa shape index (κ1) is 26.3. The van der Waals surface area contributed by atoms with Crippen LogP contribution in [0.3, 0.4) is 0 Å². The number of nitrogens with zero attached hydrogens (tertiary/aromatic N) is 1. The van der Waals surface area contributed by atoms with Gasteiger partial charge in [0.05, 0.1) is 34.0 Å². The fourth-order valence-electron chi connectivity index (χ4n) is 4.18. The number of amides is 2. The van der Waals surface area contributed by atoms with E-state index in [1.54, 1.807) is 28.4 Å². The topological polar surface area (TPSA) is 136 Å². The third-order valence-electron chi connectivity index (χ3n) is 6.02. The molecule has 0 saturated carbocycles. The Morgan fingerprint density at radius 1 is 0.667 bits per heavy atom. The van der Waals surface area contributed by atoms with E-state index in [0.717, 1.165) is 11.1 Å². The minimum absolute atomic E-state index is 0.128. The molecule has 0 aliphatic rings. The molecule has 2 amide bonds. The Morgan fingerprint density at radius 2 is 1.14 bits per heavy atom. The van der Waals surface area contributed by atoms with Gasteiger partial charge >= 0.3 is 0 Å². The van der Waals surface area contributed by atoms with Crippen molar-refractivity contribution in [1.82, 2.24) is 4.98 Å². The summed E-state index contributed by atoms with van der Waals surface area (Å²) in [6.07, 6.45) is 3.30. The van der Waals surface area contributed by atoms with Gasteiger partial charge in [-0.2, -0.15) is 0 Å². The second-order valence-electron chi connectivity index (χ2n) is 8.08. The average molecular weight is 494 g/mol. The standard InChI is InChI=1S/C27H31N3O6/c1-33-21-11-7-16(13-23(21)35-3)5-9-18-19(25(27(29)32)30-15-20(18)26(28)31)10-6-17-8-12-22(34-2)24(14-17)36-4/h7-8,11-15H,5-6,9-10H2,1-4H3,(H2,28,31)(H2,29,32). The summed E-state index contributed by atoms with van der Waals surface area (Å²) < 4.78 is 21.4. The largest absolute Gasteiger partial charge is 0.493 e. The predicted octanol–water partition coefficient (Wildman–Crippen LogP) is 2.88. The van der Waals surface area contributed by atoms with E-state index in [2.05, 4.69) is 4.98 Å². The van der Waals surface area contributed by atoms with Crippen molar-refractivity contribution in [2.24, 2.45) is 11.5 Å². The van der Waals surface area contributed by atoms with Crippen LogP contribution in [0.5, 0.6) is 23.0 Å². The van der Waals surface area contributed by atoms with Crippen LogP contribution in [0.1, 0.15) is 43.1 Å². The third-order valence-corrected chi connectivity index (χ3v) is 6.02. The summed E-state index contributed by atoms with van der Waals surface area (Å²) in [5, 5.41) is 0. The second-order valence-corrected chi connectivity index (χ2v) is 8.08. The highest BCUT2D eigenvalue weighted by Gasteiger charge is 2.21. The molecule has 4 N–H and O–H groups in total. The summed E-state index contributed by atoms with van der Waals surface area (Å²) in [5.74, 6) is 1.16. The molecule has 0 unspecified atom stereocenters. The molecular formula is C27H31N3O6. The van der Waals surface area contributed by atoms with Crippen LogP contribution < -0.4 is 30.4 Å². The number of rotatable bonds is 12. The van der Waals surface area contributed by atoms with E-state index >= 15 is 0 Å². The van der Waals surface area contributed by atoms with Gasteiger partial charge in [0, 0.05) is 6.20 Å². The maximum Gasteiger partial charge on any atom is 0.267 e. The first-order valence-electron chi connectivity index (χ1n) is 11.3. The first-order chi connectivity index (χ1) is 17.3. The van der Waals surface area contributed by atoms with Crippen LogP contribution >= 0.6 is 0 Å². The van der Waals surface area contributed by atoms with Crippen molar-refractivity contribution in [3.8, 4) is 23.0 Å². The maximum atomic E-state index is 12.3. The monoisotopic (exact) mass is 493 g/mol. The SMILES string of the molecule is COc1ccc(CCc2c(C(N)=O)cnc(C(N)=O)c2CCc2ccc(OC)c(OC)c2)cc1OC. The number of nitrogens with two attached hydrogens (primary N) is 2. The number of hydrogen-bond donors (Lipinski definition) is 2. The minimum Gasteiger partial charge on any atom is -0.493 e. The Hall–Kier alpha value is -4.27. The van der Waals surface area contributed by atoms with Crippen molar-refractivity contribution in [1.29, 1.82) is 0 Å². The van der Waals surface area contributed by atoms with Crippen molar-refractivity contribution in [2.45, 2.75) is 25.7 Å². The van der Waals surface area contributed by atoms with Gasteiger partial charge < -0.3 is 30.4 Å². The van der Waals surface area contributed by atoms with Gasteiger partial charge in [-0.25, -0.2) is 4.98 Å². The Labute approximate surface area is 210 Å². The molecule has 2 aromatic carbocycles. The molecule has 0 fully saturated rings. The fraction of sp³-hybridized carbons (Fsp3) is 0.296. The van der Waals surface area contributed by atoms with Crippen LogP contribution in [0.4, 0.5) is 0 Å². The maximum absolute atomic E-state index is 12.3. The summed E-state index contributed by atoms with van der Waals surface area (Å²) in [4.78, 5) is 28.7. The van der Waals surface area contributed by atoms with Crippen LogP contribution in [0.25, 0.3) is 0 Å². The van der Waals surface area contributed by atoms with E-state index < -0.39 is 11.8 Å². The van der Waals surface area contributed by atoms with Crippen molar-refractivity contribution in [3.63, 3.8) is 0 Å². The molecule has 3 rings (SSSR count). The van der Waals surface area contributed by atoms with E-state index in [1.165, 1.54) is 6.20 Å². The zero-order valence-electron chi connectivity index (χ0n) is 20.9. The molecule has 9 heteroatoms. The molecule has 0 atom stereocenters. The van der Waals surface area contributed by atoms with Crippen molar-refractivity contribution >= 4 is 11.8 Å². The molecule has 0 bridgehead atoms. The van der Waals surface area contributed by atoms with Crippen molar-refractivity contribution in [3.05, 3.63) is 76.1 Å². The molecular weight excluding hydrogens is 462 g/mol. The van der Waals surface area contributed by atoms with E-state index in [1.807, 2.05) is 36.4 Å². The average Bonchev–Trinajstić information content (AvgIpc) is 2.89. The number of methoxy groups -OCH3 is 4. The third kappa shape index (κ3) is 5.86. The van der Waals surface area contributed by atoms with E-state index in [-0.39, 0.29) is 11.3 Å². The lowest BCUT2D eigenvalue weighted by atomic mass is 9.91. The zero-order chi connectivity index (χ0) is 26.2. The summed E-state index contributed by atoms with van der Waals surface area (Å²) in [6.45, 7) is 0. The molecule has 3 aromatic rings. The molecule has 1 aromatic heterocycles. The summed E-state index contributed by atoms with van der Waals surface area (Å²) in [7, 11) is 6.28. The zero-order valence-corrected chi connectivity index (χ0v) is 20.9. The van der Waals surface area contributed by atoms with Gasteiger partial charge in [-0.1, -0.05) is 12.1 Å². The molecule has 1 heterocycles. The Bertz CT molecular complexity index is 1160. The minimum atomic E-state index is -0.666. The van der Waals surface area contributed by atoms with Crippen LogP contribution in [-0.4, -0.2) is 45.2 Å². The van der Waals surface area contributed by atoms with E-state index in [9.17, 15) is 9.59 Å². The lowest BCUT2D eigenvalue weighted by Crippen LogP contribution is -2.22. The molecule has 0 aliphatic heterocycles. The molecule has 0 radical (unpaired) electrons. The summed E-state index contributed by atoms with van der Waals surface area (Å²) in [6, 6.07) is 11.2. The molecule has 0 spiro atoms. The van der Waals surface area contributed by atoms with E-state index in [0.29, 0.717) is 59.8 Å². The highest BCUT2D eigenvalue weighted by molar-refractivity contribution is 5.97. The number of carbonyl (C=O) groups is 2. The van der Waals surface area contributed by atoms with E-state index in [4.69, 9.17) is 30.4 Å². The van der Waals surface area contributed by atoms with Crippen molar-refractivity contribution < 1.29 is 28.5 Å². The van der Waals surface area contributed by atoms with Gasteiger partial charge in [-0.05, 0) is 72.2 Å². The number of ether oxygens (including phenoxy) is 4. The number of primary amides is 2. The highest BCUT2D eigenvalue weighted by Crippen LogP contribution is 2.30. The van der Waals surface area contributed by atoms with Crippen molar-refractivity contribution in [2.75, 3.05) is 28.4 Å². The second kappa shape index (κ2) is 11.9. The van der Waals surface area contributed by atoms with Gasteiger partial charge in [0.15, 0.2) is 23.0 Å². The van der Waals surface area contributed by atoms with Gasteiger partial charge in [-0.3, -0.25) is 9.59 Å². The molecule has 190 valence electrons. The summed E-state index contributed by atoms with van der Waals surface area (Å²) >= 11 is 0. The normalized spacial score (nSPS) is 10.6. The van der Waals surface area contributed by atoms with Crippen LogP contribution in [0.15, 0.2) is 42.6 Å². The number of pyridine rings is 1. The lowest BCUT2D eigenvalue weighted by Gasteiger charge is -2.17. The summed E-state index contributed by atoms with van der Waals surface area (Å²) in [5.41, 5.74) is 14.9. The van der Waals surface area contributed by atoms with Crippen LogP contribution in [0, 0.1) is 0 Å². The smallest absolute Gasteiger partial charge is 0.267 e. The van der Waals surface area contributed by atoms with Gasteiger partial charge in [0.1, 0.15) is 5.69 Å². The Morgan fingerprint density at radius 3 is 1.56 bits per heavy atom. The van der Waals surface area contributed by atoms with Gasteiger partial charge in [-0.15, -0.1) is 0 Å². The predicted molar refractivity (Wildman–Crippen MR) is 135 cm³/mol. The molecule has 9 nitrogen and oxygen atoms in total. The molecule has 0 aliphatic carbocycles. The van der Waals surface area contributed by atoms with Crippen LogP contribution in [-0.2, 0) is 25.7 Å². The highest BCUT2D eigenvalue weighted by atomic mass is 16.5. The number of aryl methyl sites for hydroxylation is 2. The number of aromatic nitrogens is 1. The Kier molecular flexibility index (Phi) is 8.72. The molecule has 36 heavy (non-hydrogen) atoms. The number of hydrogen-bond acceptors (Lipinski definition) is 7. The lowest BCUT2D eigenvalue weighted by molar-refractivity contribution is 0.0982. The number of benzene rings is 2. The fourth-order valence-corrected chi connectivity index (χ4v) is 4.18. The Balaban J connectivity index is 1.97. The molecule has 0 saturated heterocycles. The quantitative estimate of drug-likeness (QED) is 0.396. The van der Waals surface area contributed by atoms with Gasteiger partial charge in [0.2, 0.25) is 0 Å². The van der Waals surface area contributed by atoms with Crippen LogP contribution in [0.2, 0.25) is 0 Å². The van der Waals surface area contributed by atoms with Gasteiger partial charge in [0.25, 0.3) is 11.8 Å². The number of carbonyl (C=O) groups excluding carboxylic acids is 2.